The van der Waals surface area contributed by atoms with Crippen LogP contribution < -0.4 is 5.73 Å². The van der Waals surface area contributed by atoms with Crippen LogP contribution in [0.4, 0.5) is 4.39 Å². The summed E-state index contributed by atoms with van der Waals surface area (Å²) in [6.45, 7) is 3.29. The molecule has 0 unspecified atom stereocenters. The van der Waals surface area contributed by atoms with Crippen molar-refractivity contribution in [3.05, 3.63) is 40.4 Å². The molecule has 0 spiro atoms. The second-order valence-electron chi connectivity index (χ2n) is 4.28. The van der Waals surface area contributed by atoms with Gasteiger partial charge in [0, 0.05) is 17.3 Å². The highest BCUT2D eigenvalue weighted by atomic mass is 35.5. The summed E-state index contributed by atoms with van der Waals surface area (Å²) in [5, 5.41) is 9.46. The van der Waals surface area contributed by atoms with E-state index in [9.17, 15) is 4.39 Å². The maximum Gasteiger partial charge on any atom is 0.191 e. The molecule has 2 N–H and O–H groups in total. The Bertz CT molecular complexity index is 588. The molecule has 1 heterocycles. The Morgan fingerprint density at radius 3 is 2.85 bits per heavy atom. The Morgan fingerprint density at radius 2 is 2.20 bits per heavy atom. The monoisotopic (exact) mass is 314 g/mol. The summed E-state index contributed by atoms with van der Waals surface area (Å²) in [7, 11) is 0. The van der Waals surface area contributed by atoms with Crippen molar-refractivity contribution in [2.75, 3.05) is 0 Å². The Kier molecular flexibility index (Phi) is 5.39. The Hall–Kier alpha value is -1.11. The van der Waals surface area contributed by atoms with Gasteiger partial charge >= 0.3 is 0 Å². The smallest absolute Gasteiger partial charge is 0.191 e. The zero-order chi connectivity index (χ0) is 14.5. The first-order valence-electron chi connectivity index (χ1n) is 6.34. The van der Waals surface area contributed by atoms with Gasteiger partial charge in [-0.25, -0.2) is 4.39 Å². The summed E-state index contributed by atoms with van der Waals surface area (Å²) in [6, 6.07) is 4.42. The van der Waals surface area contributed by atoms with Crippen LogP contribution in [0.15, 0.2) is 23.4 Å². The molecular weight excluding hydrogens is 299 g/mol. The van der Waals surface area contributed by atoms with Crippen molar-refractivity contribution in [2.45, 2.75) is 37.3 Å². The quantitative estimate of drug-likeness (QED) is 0.832. The van der Waals surface area contributed by atoms with E-state index in [0.29, 0.717) is 17.3 Å². The molecular formula is C13H16ClFN4S. The van der Waals surface area contributed by atoms with Gasteiger partial charge < -0.3 is 10.3 Å². The van der Waals surface area contributed by atoms with Crippen LogP contribution >= 0.6 is 23.4 Å². The molecule has 7 heteroatoms. The zero-order valence-electron chi connectivity index (χ0n) is 11.1. The summed E-state index contributed by atoms with van der Waals surface area (Å²) in [6.07, 6.45) is 0.982. The van der Waals surface area contributed by atoms with E-state index < -0.39 is 0 Å². The largest absolute Gasteiger partial charge is 0.324 e. The topological polar surface area (TPSA) is 56.7 Å². The number of aromatic nitrogens is 3. The molecule has 2 rings (SSSR count). The lowest BCUT2D eigenvalue weighted by Gasteiger charge is -2.08. The van der Waals surface area contributed by atoms with Crippen molar-refractivity contribution in [3.8, 4) is 0 Å². The lowest BCUT2D eigenvalue weighted by atomic mass is 10.2. The van der Waals surface area contributed by atoms with Crippen LogP contribution in [0.5, 0.6) is 0 Å². The molecule has 0 bridgehead atoms. The molecule has 0 amide bonds. The van der Waals surface area contributed by atoms with Crippen molar-refractivity contribution in [1.82, 2.24) is 14.8 Å². The van der Waals surface area contributed by atoms with Gasteiger partial charge in [-0.1, -0.05) is 36.4 Å². The first kappa shape index (κ1) is 15.3. The summed E-state index contributed by atoms with van der Waals surface area (Å²) in [4.78, 5) is 0. The summed E-state index contributed by atoms with van der Waals surface area (Å²) in [5.74, 6) is 1.06. The van der Waals surface area contributed by atoms with Crippen LogP contribution in [0.25, 0.3) is 0 Å². The Balaban J connectivity index is 2.12. The molecule has 0 fully saturated rings. The third-order valence-electron chi connectivity index (χ3n) is 2.80. The van der Waals surface area contributed by atoms with E-state index in [0.717, 1.165) is 29.5 Å². The zero-order valence-corrected chi connectivity index (χ0v) is 12.7. The fraction of sp³-hybridized carbons (Fsp3) is 0.385. The fourth-order valence-corrected chi connectivity index (χ4v) is 3.11. The number of nitrogens with two attached hydrogens (primary N) is 1. The van der Waals surface area contributed by atoms with E-state index in [1.807, 2.05) is 4.57 Å². The second-order valence-corrected chi connectivity index (χ2v) is 5.63. The van der Waals surface area contributed by atoms with Gasteiger partial charge in [-0.05, 0) is 24.1 Å². The minimum atomic E-state index is -0.330. The molecule has 0 aliphatic carbocycles. The van der Waals surface area contributed by atoms with Gasteiger partial charge in [-0.2, -0.15) is 0 Å². The van der Waals surface area contributed by atoms with Crippen LogP contribution in [0, 0.1) is 5.82 Å². The molecule has 0 radical (unpaired) electrons. The van der Waals surface area contributed by atoms with Crippen molar-refractivity contribution < 1.29 is 4.39 Å². The average molecular weight is 315 g/mol. The van der Waals surface area contributed by atoms with Gasteiger partial charge in [-0.15, -0.1) is 10.2 Å². The maximum absolute atomic E-state index is 13.0. The van der Waals surface area contributed by atoms with E-state index in [2.05, 4.69) is 17.1 Å². The molecule has 0 aliphatic rings. The van der Waals surface area contributed by atoms with Crippen LogP contribution in [0.2, 0.25) is 5.02 Å². The minimum Gasteiger partial charge on any atom is -0.324 e. The molecule has 1 aromatic heterocycles. The molecule has 20 heavy (non-hydrogen) atoms. The predicted molar refractivity (Wildman–Crippen MR) is 79.2 cm³/mol. The number of thioether (sulfide) groups is 1. The van der Waals surface area contributed by atoms with Gasteiger partial charge in [0.25, 0.3) is 0 Å². The van der Waals surface area contributed by atoms with E-state index in [4.69, 9.17) is 17.3 Å². The third-order valence-corrected chi connectivity index (χ3v) is 4.16. The maximum atomic E-state index is 13.0. The summed E-state index contributed by atoms with van der Waals surface area (Å²) >= 11 is 7.54. The Morgan fingerprint density at radius 1 is 1.40 bits per heavy atom. The van der Waals surface area contributed by atoms with Gasteiger partial charge in [0.1, 0.15) is 11.6 Å². The van der Waals surface area contributed by atoms with Gasteiger partial charge in [0.15, 0.2) is 5.16 Å². The Labute approximate surface area is 126 Å². The number of hydrogen-bond donors (Lipinski definition) is 1. The number of hydrogen-bond acceptors (Lipinski definition) is 4. The van der Waals surface area contributed by atoms with Crippen LogP contribution in [-0.2, 0) is 18.8 Å². The highest BCUT2D eigenvalue weighted by Gasteiger charge is 2.12. The first-order valence-corrected chi connectivity index (χ1v) is 7.71. The van der Waals surface area contributed by atoms with Crippen LogP contribution in [-0.4, -0.2) is 14.8 Å². The fourth-order valence-electron chi connectivity index (χ4n) is 1.81. The van der Waals surface area contributed by atoms with E-state index in [1.54, 1.807) is 6.07 Å². The summed E-state index contributed by atoms with van der Waals surface area (Å²) < 4.78 is 15.0. The number of benzene rings is 1. The van der Waals surface area contributed by atoms with E-state index >= 15 is 0 Å². The van der Waals surface area contributed by atoms with Crippen molar-refractivity contribution in [1.29, 1.82) is 0 Å². The average Bonchev–Trinajstić information content (AvgIpc) is 2.81. The third kappa shape index (κ3) is 3.50. The van der Waals surface area contributed by atoms with Crippen molar-refractivity contribution in [3.63, 3.8) is 0 Å². The molecule has 108 valence electrons. The van der Waals surface area contributed by atoms with E-state index in [1.165, 1.54) is 23.9 Å². The molecule has 0 atom stereocenters. The second kappa shape index (κ2) is 7.06. The predicted octanol–water partition coefficient (Wildman–Crippen LogP) is 3.23. The van der Waals surface area contributed by atoms with Crippen LogP contribution in [0.1, 0.15) is 24.7 Å². The normalized spacial score (nSPS) is 11.0. The lowest BCUT2D eigenvalue weighted by molar-refractivity contribution is 0.592. The molecule has 0 saturated carbocycles. The van der Waals surface area contributed by atoms with Gasteiger partial charge in [0.2, 0.25) is 0 Å². The molecule has 0 saturated heterocycles. The summed E-state index contributed by atoms with van der Waals surface area (Å²) in [5.41, 5.74) is 6.52. The highest BCUT2D eigenvalue weighted by Crippen LogP contribution is 2.26. The minimum absolute atomic E-state index is 0.330. The number of halogens is 2. The molecule has 0 aliphatic heterocycles. The molecule has 2 aromatic rings. The standard InChI is InChI=1S/C13H16ClFN4S/c1-2-5-19-12(7-16)17-18-13(19)20-8-9-3-4-10(15)6-11(9)14/h3-4,6H,2,5,7-8,16H2,1H3. The molecule has 1 aromatic carbocycles. The molecule has 4 nitrogen and oxygen atoms in total. The van der Waals surface area contributed by atoms with Gasteiger partial charge in [-0.3, -0.25) is 0 Å². The highest BCUT2D eigenvalue weighted by molar-refractivity contribution is 7.98. The number of rotatable bonds is 6. The van der Waals surface area contributed by atoms with Crippen molar-refractivity contribution >= 4 is 23.4 Å². The van der Waals surface area contributed by atoms with Crippen LogP contribution in [0.3, 0.4) is 0 Å². The van der Waals surface area contributed by atoms with Gasteiger partial charge in [0.05, 0.1) is 6.54 Å². The first-order chi connectivity index (χ1) is 9.65. The number of nitrogens with zero attached hydrogens (tertiary/aromatic N) is 3. The SMILES string of the molecule is CCCn1c(CN)nnc1SCc1ccc(F)cc1Cl. The lowest BCUT2D eigenvalue weighted by Crippen LogP contribution is -2.09. The van der Waals surface area contributed by atoms with E-state index in [-0.39, 0.29) is 5.82 Å². The van der Waals surface area contributed by atoms with Crippen molar-refractivity contribution in [2.24, 2.45) is 5.73 Å².